The number of nitro benzene ring substituents is 1. The molecule has 2 rings (SSSR count). The zero-order valence-electron chi connectivity index (χ0n) is 14.6. The van der Waals surface area contributed by atoms with Gasteiger partial charge in [-0.3, -0.25) is 14.9 Å². The topological polar surface area (TPSA) is 140 Å². The molecule has 0 unspecified atom stereocenters. The molecule has 142 valence electrons. The Labute approximate surface area is 153 Å². The second-order valence-electron chi connectivity index (χ2n) is 5.14. The molecule has 10 nitrogen and oxygen atoms in total. The molecule has 0 aliphatic heterocycles. The number of carbonyl (C=O) groups excluding carboxylic acids is 2. The molecule has 2 aromatic rings. The van der Waals surface area contributed by atoms with Crippen LogP contribution in [0.1, 0.15) is 20.7 Å². The van der Waals surface area contributed by atoms with Gasteiger partial charge in [0.05, 0.1) is 37.9 Å². The lowest BCUT2D eigenvalue weighted by atomic mass is 10.1. The van der Waals surface area contributed by atoms with E-state index in [0.717, 1.165) is 12.1 Å². The zero-order chi connectivity index (χ0) is 20.1. The number of anilines is 1. The van der Waals surface area contributed by atoms with Gasteiger partial charge in [0.25, 0.3) is 5.91 Å². The number of nitro groups is 1. The van der Waals surface area contributed by atoms with Crippen LogP contribution in [-0.4, -0.2) is 38.1 Å². The highest BCUT2D eigenvalue weighted by Crippen LogP contribution is 2.34. The van der Waals surface area contributed by atoms with Gasteiger partial charge in [0.1, 0.15) is 0 Å². The molecule has 0 radical (unpaired) electrons. The molecule has 0 aliphatic carbocycles. The summed E-state index contributed by atoms with van der Waals surface area (Å²) in [5, 5.41) is 24.8. The number of hydrogen-bond donors (Lipinski definition) is 1. The fraction of sp³-hybridized carbons (Fsp3) is 0.176. The summed E-state index contributed by atoms with van der Waals surface area (Å²) in [5.74, 6) is -2.02. The average molecular weight is 375 g/mol. The maximum absolute atomic E-state index is 12.5. The number of rotatable bonds is 7. The van der Waals surface area contributed by atoms with Crippen LogP contribution in [0.25, 0.3) is 0 Å². The van der Waals surface area contributed by atoms with Gasteiger partial charge in [-0.2, -0.15) is 0 Å². The molecule has 27 heavy (non-hydrogen) atoms. The van der Waals surface area contributed by atoms with Crippen molar-refractivity contribution >= 4 is 23.3 Å². The predicted molar refractivity (Wildman–Crippen MR) is 91.5 cm³/mol. The number of ether oxygens (including phenoxy) is 3. The first-order valence-electron chi connectivity index (χ1n) is 7.43. The number of carbonyl (C=O) groups is 2. The average Bonchev–Trinajstić information content (AvgIpc) is 2.66. The Morgan fingerprint density at radius 2 is 1.56 bits per heavy atom. The van der Waals surface area contributed by atoms with Crippen molar-refractivity contribution in [1.29, 1.82) is 0 Å². The molecule has 0 heterocycles. The molecular weight excluding hydrogens is 360 g/mol. The lowest BCUT2D eigenvalue weighted by Crippen LogP contribution is -2.25. The Morgan fingerprint density at radius 3 is 2.07 bits per heavy atom. The normalized spacial score (nSPS) is 10.0. The van der Waals surface area contributed by atoms with Gasteiger partial charge in [0.15, 0.2) is 17.2 Å². The molecule has 0 aromatic heterocycles. The Bertz CT molecular complexity index is 910. The standard InChI is InChI=1S/C17H16N2O8/c1-25-13-5-4-9(6-12(13)19(23)24)16(20)18-11-8-15(27-3)14(26-2)7-10(11)17(21)22/h4-8H,1-3H3,(H,18,20)(H,21,22)/p-1. The summed E-state index contributed by atoms with van der Waals surface area (Å²) in [4.78, 5) is 34.2. The molecule has 0 atom stereocenters. The third-order valence-electron chi connectivity index (χ3n) is 3.63. The SMILES string of the molecule is COc1cc(NC(=O)c2ccc(OC)c([N+](=O)[O-])c2)c(C(=O)[O-])cc1OC. The third-order valence-corrected chi connectivity index (χ3v) is 3.63. The van der Waals surface area contributed by atoms with Crippen molar-refractivity contribution in [2.75, 3.05) is 26.6 Å². The molecule has 0 fully saturated rings. The Hall–Kier alpha value is -3.82. The summed E-state index contributed by atoms with van der Waals surface area (Å²) < 4.78 is 15.0. The largest absolute Gasteiger partial charge is 0.545 e. The fourth-order valence-corrected chi connectivity index (χ4v) is 2.32. The van der Waals surface area contributed by atoms with E-state index in [1.807, 2.05) is 0 Å². The minimum absolute atomic E-state index is 0.0157. The predicted octanol–water partition coefficient (Wildman–Crippen LogP) is 1.24. The van der Waals surface area contributed by atoms with E-state index in [1.54, 1.807) is 0 Å². The first kappa shape index (κ1) is 19.5. The second kappa shape index (κ2) is 8.04. The summed E-state index contributed by atoms with van der Waals surface area (Å²) in [7, 11) is 3.93. The first-order valence-corrected chi connectivity index (χ1v) is 7.43. The number of methoxy groups -OCH3 is 3. The number of amides is 1. The lowest BCUT2D eigenvalue weighted by molar-refractivity contribution is -0.385. The molecule has 0 aliphatic rings. The summed E-state index contributed by atoms with van der Waals surface area (Å²) >= 11 is 0. The van der Waals surface area contributed by atoms with E-state index < -0.39 is 22.5 Å². The van der Waals surface area contributed by atoms with Crippen LogP contribution in [-0.2, 0) is 0 Å². The number of hydrogen-bond acceptors (Lipinski definition) is 8. The molecule has 0 bridgehead atoms. The molecule has 0 saturated heterocycles. The number of carboxylic acid groups (broad SMARTS) is 1. The van der Waals surface area contributed by atoms with Crippen LogP contribution >= 0.6 is 0 Å². The minimum atomic E-state index is -1.55. The summed E-state index contributed by atoms with van der Waals surface area (Å²) in [6.07, 6.45) is 0. The zero-order valence-corrected chi connectivity index (χ0v) is 14.6. The van der Waals surface area contributed by atoms with Gasteiger partial charge in [0, 0.05) is 23.3 Å². The molecule has 1 amide bonds. The van der Waals surface area contributed by atoms with Crippen molar-refractivity contribution in [2.24, 2.45) is 0 Å². The van der Waals surface area contributed by atoms with E-state index in [-0.39, 0.29) is 34.1 Å². The van der Waals surface area contributed by atoms with Crippen LogP contribution in [0.5, 0.6) is 17.2 Å². The highest BCUT2D eigenvalue weighted by molar-refractivity contribution is 6.08. The molecule has 0 saturated carbocycles. The smallest absolute Gasteiger partial charge is 0.311 e. The Balaban J connectivity index is 2.44. The summed E-state index contributed by atoms with van der Waals surface area (Å²) in [6.45, 7) is 0. The van der Waals surface area contributed by atoms with Crippen LogP contribution in [0.15, 0.2) is 30.3 Å². The molecule has 2 aromatic carbocycles. The van der Waals surface area contributed by atoms with Crippen LogP contribution in [0.2, 0.25) is 0 Å². The van der Waals surface area contributed by atoms with Gasteiger partial charge < -0.3 is 29.4 Å². The van der Waals surface area contributed by atoms with Crippen molar-refractivity contribution in [2.45, 2.75) is 0 Å². The van der Waals surface area contributed by atoms with Crippen LogP contribution < -0.4 is 24.6 Å². The van der Waals surface area contributed by atoms with E-state index in [2.05, 4.69) is 5.32 Å². The summed E-state index contributed by atoms with van der Waals surface area (Å²) in [5.41, 5.74) is -0.931. The highest BCUT2D eigenvalue weighted by Gasteiger charge is 2.20. The van der Waals surface area contributed by atoms with Gasteiger partial charge in [-0.25, -0.2) is 0 Å². The number of benzene rings is 2. The Morgan fingerprint density at radius 1 is 0.963 bits per heavy atom. The fourth-order valence-electron chi connectivity index (χ4n) is 2.32. The molecular formula is C17H15N2O8-. The maximum atomic E-state index is 12.5. The number of aromatic carboxylic acids is 1. The number of nitrogens with zero attached hydrogens (tertiary/aromatic N) is 1. The van der Waals surface area contributed by atoms with Crippen molar-refractivity contribution < 1.29 is 33.8 Å². The number of carboxylic acids is 1. The van der Waals surface area contributed by atoms with E-state index >= 15 is 0 Å². The van der Waals surface area contributed by atoms with Gasteiger partial charge in [-0.1, -0.05) is 0 Å². The van der Waals surface area contributed by atoms with E-state index in [9.17, 15) is 24.8 Å². The van der Waals surface area contributed by atoms with Crippen molar-refractivity contribution in [3.05, 3.63) is 51.6 Å². The van der Waals surface area contributed by atoms with Crippen LogP contribution in [0, 0.1) is 10.1 Å². The quantitative estimate of drug-likeness (QED) is 0.563. The van der Waals surface area contributed by atoms with Gasteiger partial charge >= 0.3 is 5.69 Å². The first-order chi connectivity index (χ1) is 12.8. The highest BCUT2D eigenvalue weighted by atomic mass is 16.6. The van der Waals surface area contributed by atoms with E-state index in [4.69, 9.17) is 14.2 Å². The molecule has 1 N–H and O–H groups in total. The van der Waals surface area contributed by atoms with E-state index in [0.29, 0.717) is 0 Å². The van der Waals surface area contributed by atoms with Crippen molar-refractivity contribution in [1.82, 2.24) is 0 Å². The van der Waals surface area contributed by atoms with Crippen LogP contribution in [0.3, 0.4) is 0 Å². The van der Waals surface area contributed by atoms with Crippen LogP contribution in [0.4, 0.5) is 11.4 Å². The maximum Gasteiger partial charge on any atom is 0.311 e. The monoisotopic (exact) mass is 375 g/mol. The number of nitrogens with one attached hydrogen (secondary N) is 1. The third kappa shape index (κ3) is 4.06. The Kier molecular flexibility index (Phi) is 5.81. The molecule has 0 spiro atoms. The lowest BCUT2D eigenvalue weighted by Gasteiger charge is -2.16. The van der Waals surface area contributed by atoms with Crippen molar-refractivity contribution in [3.63, 3.8) is 0 Å². The summed E-state index contributed by atoms with van der Waals surface area (Å²) in [6, 6.07) is 5.98. The van der Waals surface area contributed by atoms with Gasteiger partial charge in [-0.15, -0.1) is 0 Å². The van der Waals surface area contributed by atoms with E-state index in [1.165, 1.54) is 39.5 Å². The van der Waals surface area contributed by atoms with Gasteiger partial charge in [0.2, 0.25) is 0 Å². The van der Waals surface area contributed by atoms with Gasteiger partial charge in [-0.05, 0) is 18.2 Å². The van der Waals surface area contributed by atoms with Crippen molar-refractivity contribution in [3.8, 4) is 17.2 Å². The minimum Gasteiger partial charge on any atom is -0.545 e. The molecule has 10 heteroatoms. The second-order valence-corrected chi connectivity index (χ2v) is 5.14.